The molecule has 0 aliphatic heterocycles. The van der Waals surface area contributed by atoms with Gasteiger partial charge in [-0.25, -0.2) is 0 Å². The van der Waals surface area contributed by atoms with Crippen molar-refractivity contribution < 1.29 is 4.74 Å². The molecule has 18 heavy (non-hydrogen) atoms. The maximum atomic E-state index is 5.99. The number of aryl methyl sites for hydroxylation is 2. The quantitative estimate of drug-likeness (QED) is 0.757. The largest absolute Gasteiger partial charge is 0.493 e. The standard InChI is InChI=1S/C15H24ClNO/c1-11(2)10-17-6-5-7-18-15-12(3)8-14(16)9-13(15)4/h8-9,11,17H,5-7,10H2,1-4H3. The molecular formula is C15H24ClNO. The number of ether oxygens (including phenoxy) is 1. The fraction of sp³-hybridized carbons (Fsp3) is 0.600. The highest BCUT2D eigenvalue weighted by molar-refractivity contribution is 6.30. The van der Waals surface area contributed by atoms with Crippen LogP contribution in [0.2, 0.25) is 5.02 Å². The van der Waals surface area contributed by atoms with Crippen molar-refractivity contribution in [1.82, 2.24) is 5.32 Å². The fourth-order valence-electron chi connectivity index (χ4n) is 1.89. The molecule has 0 aliphatic carbocycles. The highest BCUT2D eigenvalue weighted by Crippen LogP contribution is 2.26. The summed E-state index contributed by atoms with van der Waals surface area (Å²) in [4.78, 5) is 0. The zero-order valence-electron chi connectivity index (χ0n) is 11.8. The van der Waals surface area contributed by atoms with Gasteiger partial charge in [0.2, 0.25) is 0 Å². The van der Waals surface area contributed by atoms with E-state index in [0.717, 1.165) is 48.0 Å². The van der Waals surface area contributed by atoms with Crippen LogP contribution in [0, 0.1) is 19.8 Å². The third-order valence-corrected chi connectivity index (χ3v) is 2.94. The van der Waals surface area contributed by atoms with Crippen LogP contribution in [-0.4, -0.2) is 19.7 Å². The Morgan fingerprint density at radius 3 is 2.39 bits per heavy atom. The zero-order chi connectivity index (χ0) is 13.5. The van der Waals surface area contributed by atoms with E-state index in [1.54, 1.807) is 0 Å². The highest BCUT2D eigenvalue weighted by atomic mass is 35.5. The van der Waals surface area contributed by atoms with Crippen molar-refractivity contribution in [2.24, 2.45) is 5.92 Å². The van der Waals surface area contributed by atoms with Gasteiger partial charge in [-0.05, 0) is 62.5 Å². The number of nitrogens with one attached hydrogen (secondary N) is 1. The van der Waals surface area contributed by atoms with E-state index in [9.17, 15) is 0 Å². The van der Waals surface area contributed by atoms with E-state index in [-0.39, 0.29) is 0 Å². The number of hydrogen-bond donors (Lipinski definition) is 1. The molecule has 0 saturated carbocycles. The Morgan fingerprint density at radius 1 is 1.22 bits per heavy atom. The van der Waals surface area contributed by atoms with Gasteiger partial charge in [-0.3, -0.25) is 0 Å². The molecule has 3 heteroatoms. The molecule has 0 aliphatic rings. The predicted molar refractivity (Wildman–Crippen MR) is 78.7 cm³/mol. The molecule has 0 radical (unpaired) electrons. The van der Waals surface area contributed by atoms with Gasteiger partial charge in [-0.15, -0.1) is 0 Å². The van der Waals surface area contributed by atoms with Gasteiger partial charge in [0.15, 0.2) is 0 Å². The summed E-state index contributed by atoms with van der Waals surface area (Å²) in [6.07, 6.45) is 1.02. The van der Waals surface area contributed by atoms with Crippen molar-refractivity contribution in [3.63, 3.8) is 0 Å². The number of rotatable bonds is 7. The van der Waals surface area contributed by atoms with E-state index in [1.165, 1.54) is 0 Å². The minimum absolute atomic E-state index is 0.701. The molecule has 1 rings (SSSR count). The zero-order valence-corrected chi connectivity index (χ0v) is 12.6. The third kappa shape index (κ3) is 5.28. The Bertz CT molecular complexity index is 354. The molecule has 0 unspecified atom stereocenters. The van der Waals surface area contributed by atoms with Crippen molar-refractivity contribution in [3.05, 3.63) is 28.3 Å². The van der Waals surface area contributed by atoms with Gasteiger partial charge in [-0.2, -0.15) is 0 Å². The fourth-order valence-corrected chi connectivity index (χ4v) is 2.21. The van der Waals surface area contributed by atoms with E-state index in [2.05, 4.69) is 19.2 Å². The Balaban J connectivity index is 2.31. The molecule has 102 valence electrons. The summed E-state index contributed by atoms with van der Waals surface area (Å²) in [7, 11) is 0. The predicted octanol–water partition coefficient (Wildman–Crippen LogP) is 3.97. The smallest absolute Gasteiger partial charge is 0.125 e. The minimum atomic E-state index is 0.701. The molecule has 0 heterocycles. The van der Waals surface area contributed by atoms with Crippen LogP contribution >= 0.6 is 11.6 Å². The van der Waals surface area contributed by atoms with Crippen molar-refractivity contribution in [2.75, 3.05) is 19.7 Å². The van der Waals surface area contributed by atoms with E-state index in [4.69, 9.17) is 16.3 Å². The van der Waals surface area contributed by atoms with E-state index >= 15 is 0 Å². The molecule has 1 aromatic rings. The lowest BCUT2D eigenvalue weighted by Gasteiger charge is -2.13. The maximum absolute atomic E-state index is 5.99. The summed E-state index contributed by atoms with van der Waals surface area (Å²) >= 11 is 5.99. The van der Waals surface area contributed by atoms with Crippen molar-refractivity contribution in [1.29, 1.82) is 0 Å². The second kappa shape index (κ2) is 7.65. The molecule has 2 nitrogen and oxygen atoms in total. The topological polar surface area (TPSA) is 21.3 Å². The van der Waals surface area contributed by atoms with Crippen LogP contribution in [0.3, 0.4) is 0 Å². The first-order chi connectivity index (χ1) is 8.50. The van der Waals surface area contributed by atoms with Crippen molar-refractivity contribution in [3.8, 4) is 5.75 Å². The summed E-state index contributed by atoms with van der Waals surface area (Å²) in [5.41, 5.74) is 2.21. The lowest BCUT2D eigenvalue weighted by Crippen LogP contribution is -2.22. The summed E-state index contributed by atoms with van der Waals surface area (Å²) in [5.74, 6) is 1.68. The molecule has 1 N–H and O–H groups in total. The van der Waals surface area contributed by atoms with Gasteiger partial charge in [-0.1, -0.05) is 25.4 Å². The number of hydrogen-bond acceptors (Lipinski definition) is 2. The van der Waals surface area contributed by atoms with Crippen LogP contribution in [-0.2, 0) is 0 Å². The minimum Gasteiger partial charge on any atom is -0.493 e. The highest BCUT2D eigenvalue weighted by Gasteiger charge is 2.05. The van der Waals surface area contributed by atoms with Gasteiger partial charge in [0.25, 0.3) is 0 Å². The first-order valence-corrected chi connectivity index (χ1v) is 6.98. The van der Waals surface area contributed by atoms with Crippen LogP contribution in [0.4, 0.5) is 0 Å². The average molecular weight is 270 g/mol. The molecule has 0 atom stereocenters. The Hall–Kier alpha value is -0.730. The summed E-state index contributed by atoms with van der Waals surface area (Å²) in [6, 6.07) is 3.89. The summed E-state index contributed by atoms with van der Waals surface area (Å²) < 4.78 is 5.83. The Morgan fingerprint density at radius 2 is 1.83 bits per heavy atom. The molecule has 0 aromatic heterocycles. The first-order valence-electron chi connectivity index (χ1n) is 6.61. The normalized spacial score (nSPS) is 11.0. The summed E-state index contributed by atoms with van der Waals surface area (Å²) in [6.45, 7) is 11.3. The van der Waals surface area contributed by atoms with Crippen molar-refractivity contribution in [2.45, 2.75) is 34.1 Å². The molecule has 0 saturated heterocycles. The Labute approximate surface area is 116 Å². The van der Waals surface area contributed by atoms with E-state index < -0.39 is 0 Å². The van der Waals surface area contributed by atoms with E-state index in [1.807, 2.05) is 26.0 Å². The average Bonchev–Trinajstić information content (AvgIpc) is 2.25. The SMILES string of the molecule is Cc1cc(Cl)cc(C)c1OCCCNCC(C)C. The monoisotopic (exact) mass is 269 g/mol. The van der Waals surface area contributed by atoms with Gasteiger partial charge in [0, 0.05) is 5.02 Å². The van der Waals surface area contributed by atoms with Crippen molar-refractivity contribution >= 4 is 11.6 Å². The molecule has 1 aromatic carbocycles. The van der Waals surface area contributed by atoms with Crippen LogP contribution in [0.5, 0.6) is 5.75 Å². The van der Waals surface area contributed by atoms with Gasteiger partial charge in [0.1, 0.15) is 5.75 Å². The molecule has 0 fully saturated rings. The lowest BCUT2D eigenvalue weighted by atomic mass is 10.1. The second-order valence-electron chi connectivity index (χ2n) is 5.17. The van der Waals surface area contributed by atoms with Crippen LogP contribution < -0.4 is 10.1 Å². The molecule has 0 spiro atoms. The Kier molecular flexibility index (Phi) is 6.51. The van der Waals surface area contributed by atoms with E-state index in [0.29, 0.717) is 5.92 Å². The van der Waals surface area contributed by atoms with Crippen LogP contribution in [0.1, 0.15) is 31.4 Å². The summed E-state index contributed by atoms with van der Waals surface area (Å²) in [5, 5.41) is 4.18. The number of benzene rings is 1. The third-order valence-electron chi connectivity index (χ3n) is 2.72. The van der Waals surface area contributed by atoms with Gasteiger partial charge < -0.3 is 10.1 Å². The van der Waals surface area contributed by atoms with Gasteiger partial charge in [0.05, 0.1) is 6.61 Å². The number of halogens is 1. The lowest BCUT2D eigenvalue weighted by molar-refractivity contribution is 0.303. The van der Waals surface area contributed by atoms with Gasteiger partial charge >= 0.3 is 0 Å². The van der Waals surface area contributed by atoms with Crippen LogP contribution in [0.15, 0.2) is 12.1 Å². The molecule has 0 amide bonds. The maximum Gasteiger partial charge on any atom is 0.125 e. The second-order valence-corrected chi connectivity index (χ2v) is 5.61. The molecule has 0 bridgehead atoms. The first kappa shape index (κ1) is 15.3. The molecular weight excluding hydrogens is 246 g/mol. The van der Waals surface area contributed by atoms with Crippen LogP contribution in [0.25, 0.3) is 0 Å².